The zero-order valence-corrected chi connectivity index (χ0v) is 12.3. The van der Waals surface area contributed by atoms with Gasteiger partial charge in [0.15, 0.2) is 0 Å². The summed E-state index contributed by atoms with van der Waals surface area (Å²) in [6, 6.07) is 11.6. The van der Waals surface area contributed by atoms with E-state index in [4.69, 9.17) is 16.3 Å². The monoisotopic (exact) mass is 325 g/mol. The third-order valence-corrected chi connectivity index (χ3v) is 3.45. The number of hydrogen-bond donors (Lipinski definition) is 0. The van der Waals surface area contributed by atoms with E-state index in [1.807, 2.05) is 36.4 Å². The van der Waals surface area contributed by atoms with E-state index in [2.05, 4.69) is 27.8 Å². The molecule has 1 aromatic heterocycles. The molecule has 0 N–H and O–H groups in total. The fourth-order valence-electron chi connectivity index (χ4n) is 1.57. The molecule has 94 valence electrons. The van der Waals surface area contributed by atoms with Gasteiger partial charge in [0.25, 0.3) is 0 Å². The van der Waals surface area contributed by atoms with E-state index in [0.29, 0.717) is 11.8 Å². The normalized spacial score (nSPS) is 10.4. The van der Waals surface area contributed by atoms with Crippen LogP contribution < -0.4 is 4.74 Å². The average Bonchev–Trinajstić information content (AvgIpc) is 2.41. The summed E-state index contributed by atoms with van der Waals surface area (Å²) in [6.07, 6.45) is 0.858. The van der Waals surface area contributed by atoms with Crippen LogP contribution in [0.5, 0.6) is 11.6 Å². The van der Waals surface area contributed by atoms with Crippen molar-refractivity contribution in [2.75, 3.05) is 0 Å². The van der Waals surface area contributed by atoms with E-state index in [0.717, 1.165) is 27.9 Å². The van der Waals surface area contributed by atoms with Gasteiger partial charge in [0.1, 0.15) is 5.75 Å². The van der Waals surface area contributed by atoms with Crippen molar-refractivity contribution in [3.05, 3.63) is 52.1 Å². The number of benzene rings is 1. The fraction of sp³-hybridized carbons (Fsp3) is 0.214. The Hall–Kier alpha value is -1.06. The summed E-state index contributed by atoms with van der Waals surface area (Å²) in [5.74, 6) is 1.79. The molecule has 0 atom stereocenters. The maximum absolute atomic E-state index is 5.87. The largest absolute Gasteiger partial charge is 0.438 e. The molecule has 0 bridgehead atoms. The molecule has 0 aliphatic heterocycles. The van der Waals surface area contributed by atoms with Gasteiger partial charge in [-0.15, -0.1) is 11.6 Å². The molecule has 0 saturated carbocycles. The SMILES string of the molecule is CCc1cc(CCl)cc(Oc2ccccc2Br)n1. The van der Waals surface area contributed by atoms with Crippen LogP contribution >= 0.6 is 27.5 Å². The number of aromatic nitrogens is 1. The smallest absolute Gasteiger partial charge is 0.219 e. The van der Waals surface area contributed by atoms with Crippen molar-refractivity contribution in [2.45, 2.75) is 19.2 Å². The van der Waals surface area contributed by atoms with Crippen LogP contribution in [0.2, 0.25) is 0 Å². The summed E-state index contributed by atoms with van der Waals surface area (Å²) < 4.78 is 6.68. The molecular weight excluding hydrogens is 314 g/mol. The minimum atomic E-state index is 0.460. The van der Waals surface area contributed by atoms with E-state index in [1.54, 1.807) is 0 Å². The molecule has 0 aliphatic rings. The fourth-order valence-corrected chi connectivity index (χ4v) is 2.09. The molecule has 0 radical (unpaired) electrons. The number of nitrogens with zero attached hydrogens (tertiary/aromatic N) is 1. The number of alkyl halides is 1. The Balaban J connectivity index is 2.31. The van der Waals surface area contributed by atoms with Crippen LogP contribution in [-0.4, -0.2) is 4.98 Å². The summed E-state index contributed by atoms with van der Waals surface area (Å²) in [5, 5.41) is 0. The lowest BCUT2D eigenvalue weighted by Gasteiger charge is -2.09. The van der Waals surface area contributed by atoms with Gasteiger partial charge in [-0.1, -0.05) is 19.1 Å². The molecule has 0 spiro atoms. The standard InChI is InChI=1S/C14H13BrClNO/c1-2-11-7-10(9-16)8-14(17-11)18-13-6-4-3-5-12(13)15/h3-8H,2,9H2,1H3. The molecule has 2 nitrogen and oxygen atoms in total. The second kappa shape index (κ2) is 6.21. The van der Waals surface area contributed by atoms with Crippen LogP contribution in [0.3, 0.4) is 0 Å². The molecule has 4 heteroatoms. The van der Waals surface area contributed by atoms with Gasteiger partial charge in [-0.3, -0.25) is 0 Å². The van der Waals surface area contributed by atoms with Crippen molar-refractivity contribution in [1.82, 2.24) is 4.98 Å². The molecule has 18 heavy (non-hydrogen) atoms. The number of para-hydroxylation sites is 1. The first kappa shape index (κ1) is 13.4. The maximum atomic E-state index is 5.87. The molecule has 0 unspecified atom stereocenters. The van der Waals surface area contributed by atoms with Crippen molar-refractivity contribution >= 4 is 27.5 Å². The number of rotatable bonds is 4. The van der Waals surface area contributed by atoms with Gasteiger partial charge in [0.05, 0.1) is 4.47 Å². The molecule has 1 heterocycles. The van der Waals surface area contributed by atoms with E-state index in [-0.39, 0.29) is 0 Å². The summed E-state index contributed by atoms with van der Waals surface area (Å²) >= 11 is 9.32. The highest BCUT2D eigenvalue weighted by atomic mass is 79.9. The topological polar surface area (TPSA) is 22.1 Å². The zero-order valence-electron chi connectivity index (χ0n) is 9.99. The summed E-state index contributed by atoms with van der Waals surface area (Å²) in [6.45, 7) is 2.06. The van der Waals surface area contributed by atoms with Gasteiger partial charge in [0.2, 0.25) is 5.88 Å². The summed E-state index contributed by atoms with van der Waals surface area (Å²) in [7, 11) is 0. The van der Waals surface area contributed by atoms with Crippen LogP contribution in [0.25, 0.3) is 0 Å². The number of aryl methyl sites for hydroxylation is 1. The first-order valence-electron chi connectivity index (χ1n) is 5.71. The Kier molecular flexibility index (Phi) is 4.61. The Morgan fingerprint density at radius 1 is 1.28 bits per heavy atom. The van der Waals surface area contributed by atoms with Crippen LogP contribution in [-0.2, 0) is 12.3 Å². The highest BCUT2D eigenvalue weighted by Gasteiger charge is 2.06. The van der Waals surface area contributed by atoms with Gasteiger partial charge >= 0.3 is 0 Å². The number of halogens is 2. The summed E-state index contributed by atoms with van der Waals surface area (Å²) in [5.41, 5.74) is 2.00. The second-order valence-electron chi connectivity index (χ2n) is 3.82. The van der Waals surface area contributed by atoms with Gasteiger partial charge in [-0.25, -0.2) is 4.98 Å². The van der Waals surface area contributed by atoms with Crippen molar-refractivity contribution in [1.29, 1.82) is 0 Å². The van der Waals surface area contributed by atoms with Crippen molar-refractivity contribution in [2.24, 2.45) is 0 Å². The molecule has 0 saturated heterocycles. The Bertz CT molecular complexity index is 523. The highest BCUT2D eigenvalue weighted by Crippen LogP contribution is 2.29. The Labute approximate surface area is 120 Å². The number of hydrogen-bond acceptors (Lipinski definition) is 2. The Morgan fingerprint density at radius 2 is 2.06 bits per heavy atom. The van der Waals surface area contributed by atoms with E-state index in [9.17, 15) is 0 Å². The molecular formula is C14H13BrClNO. The van der Waals surface area contributed by atoms with Gasteiger partial charge in [-0.2, -0.15) is 0 Å². The maximum Gasteiger partial charge on any atom is 0.219 e. The minimum Gasteiger partial charge on any atom is -0.438 e. The molecule has 0 fully saturated rings. The van der Waals surface area contributed by atoms with Crippen LogP contribution in [0, 0.1) is 0 Å². The molecule has 0 aliphatic carbocycles. The molecule has 1 aromatic carbocycles. The average molecular weight is 327 g/mol. The van der Waals surface area contributed by atoms with Crippen LogP contribution in [0.15, 0.2) is 40.9 Å². The third-order valence-electron chi connectivity index (χ3n) is 2.48. The Morgan fingerprint density at radius 3 is 2.72 bits per heavy atom. The van der Waals surface area contributed by atoms with Gasteiger partial charge in [0, 0.05) is 17.6 Å². The first-order valence-corrected chi connectivity index (χ1v) is 7.04. The lowest BCUT2D eigenvalue weighted by molar-refractivity contribution is 0.457. The van der Waals surface area contributed by atoms with Gasteiger partial charge in [-0.05, 0) is 46.1 Å². The van der Waals surface area contributed by atoms with Crippen LogP contribution in [0.1, 0.15) is 18.2 Å². The molecule has 2 rings (SSSR count). The van der Waals surface area contributed by atoms with E-state index >= 15 is 0 Å². The summed E-state index contributed by atoms with van der Waals surface area (Å²) in [4.78, 5) is 4.43. The van der Waals surface area contributed by atoms with E-state index < -0.39 is 0 Å². The second-order valence-corrected chi connectivity index (χ2v) is 4.95. The van der Waals surface area contributed by atoms with Crippen LogP contribution in [0.4, 0.5) is 0 Å². The lowest BCUT2D eigenvalue weighted by Crippen LogP contribution is -1.95. The number of ether oxygens (including phenoxy) is 1. The third kappa shape index (κ3) is 3.24. The predicted octanol–water partition coefficient (Wildman–Crippen LogP) is 4.94. The van der Waals surface area contributed by atoms with E-state index in [1.165, 1.54) is 0 Å². The zero-order chi connectivity index (χ0) is 13.0. The van der Waals surface area contributed by atoms with Crippen molar-refractivity contribution in [3.8, 4) is 11.6 Å². The quantitative estimate of drug-likeness (QED) is 0.743. The lowest BCUT2D eigenvalue weighted by atomic mass is 10.2. The molecule has 2 aromatic rings. The highest BCUT2D eigenvalue weighted by molar-refractivity contribution is 9.10. The molecule has 0 amide bonds. The first-order chi connectivity index (χ1) is 8.72. The predicted molar refractivity (Wildman–Crippen MR) is 77.4 cm³/mol. The van der Waals surface area contributed by atoms with Gasteiger partial charge < -0.3 is 4.74 Å². The van der Waals surface area contributed by atoms with Crippen molar-refractivity contribution < 1.29 is 4.74 Å². The minimum absolute atomic E-state index is 0.460. The van der Waals surface area contributed by atoms with Crippen molar-refractivity contribution in [3.63, 3.8) is 0 Å². The number of pyridine rings is 1.